The smallest absolute Gasteiger partial charge is 0.153 e. The third-order valence-electron chi connectivity index (χ3n) is 13.6. The van der Waals surface area contributed by atoms with Gasteiger partial charge in [-0.15, -0.1) is 0 Å². The van der Waals surface area contributed by atoms with Crippen LogP contribution in [-0.2, 0) is 0 Å². The second-order valence-corrected chi connectivity index (χ2v) is 17.8. The van der Waals surface area contributed by atoms with Crippen LogP contribution >= 0.6 is 0 Å². The van der Waals surface area contributed by atoms with Crippen LogP contribution in [0.3, 0.4) is 0 Å². The number of aromatic nitrogens is 2. The molecule has 3 heterocycles. The molecule has 11 aromatic carbocycles. The quantitative estimate of drug-likeness (QED) is 0.140. The molecule has 0 saturated heterocycles. The molecule has 0 radical (unpaired) electrons. The summed E-state index contributed by atoms with van der Waals surface area (Å²) in [5.41, 5.74) is 13.6. The van der Waals surface area contributed by atoms with Gasteiger partial charge < -0.3 is 29.1 Å². The normalized spacial score (nSPS) is 12.3. The summed E-state index contributed by atoms with van der Waals surface area (Å²) in [6.07, 6.45) is 3.58. The number of fused-ring (bicyclic) bond motifs is 10. The van der Waals surface area contributed by atoms with Crippen LogP contribution in [0.25, 0.3) is 32.6 Å². The lowest BCUT2D eigenvalue weighted by molar-refractivity contribution is 0.477. The van der Waals surface area contributed by atoms with Crippen molar-refractivity contribution in [3.8, 4) is 23.0 Å². The molecule has 72 heavy (non-hydrogen) atoms. The summed E-state index contributed by atoms with van der Waals surface area (Å²) in [6.45, 7) is 0. The van der Waals surface area contributed by atoms with Crippen LogP contribution in [0.15, 0.2) is 255 Å². The van der Waals surface area contributed by atoms with Gasteiger partial charge in [0.25, 0.3) is 0 Å². The number of benzene rings is 11. The van der Waals surface area contributed by atoms with E-state index in [4.69, 9.17) is 19.4 Å². The van der Waals surface area contributed by atoms with Gasteiger partial charge in [0, 0.05) is 80.8 Å². The van der Waals surface area contributed by atoms with Gasteiger partial charge >= 0.3 is 0 Å². The topological polar surface area (TPSA) is 57.2 Å². The maximum Gasteiger partial charge on any atom is 0.153 e. The molecule has 340 valence electrons. The SMILES string of the molecule is c1ccc(N(c2ccccc2)c2ccc3c(c2)Oc2ccccc2N3c2ccc3c4ccc(N5c6ccccc6Oc6cc(N(c7ccccc7)c7ccccc7)ccc65)cc4c4nccnc4c3c2)cc1. The lowest BCUT2D eigenvalue weighted by atomic mass is 9.97. The van der Waals surface area contributed by atoms with E-state index in [1.807, 2.05) is 48.5 Å². The van der Waals surface area contributed by atoms with E-state index in [1.165, 1.54) is 0 Å². The second-order valence-electron chi connectivity index (χ2n) is 17.8. The molecule has 1 aromatic heterocycles. The van der Waals surface area contributed by atoms with Crippen LogP contribution in [0.1, 0.15) is 0 Å². The number of ether oxygens (including phenoxy) is 2. The third kappa shape index (κ3) is 6.84. The highest BCUT2D eigenvalue weighted by Crippen LogP contribution is 2.55. The van der Waals surface area contributed by atoms with Crippen LogP contribution in [-0.4, -0.2) is 9.97 Å². The fraction of sp³-hybridized carbons (Fsp3) is 0. The predicted octanol–water partition coefficient (Wildman–Crippen LogP) is 18.0. The van der Waals surface area contributed by atoms with Crippen molar-refractivity contribution in [2.45, 2.75) is 0 Å². The minimum atomic E-state index is 0.756. The molecular weight excluding hydrogens is 885 g/mol. The molecule has 2 aliphatic rings. The van der Waals surface area contributed by atoms with Crippen molar-refractivity contribution in [1.29, 1.82) is 0 Å². The largest absolute Gasteiger partial charge is 0.453 e. The minimum absolute atomic E-state index is 0.756. The van der Waals surface area contributed by atoms with E-state index >= 15 is 0 Å². The summed E-state index contributed by atoms with van der Waals surface area (Å²) in [5, 5.41) is 4.18. The molecule has 0 amide bonds. The average molecular weight is 927 g/mol. The van der Waals surface area contributed by atoms with Crippen molar-refractivity contribution in [3.63, 3.8) is 0 Å². The third-order valence-corrected chi connectivity index (χ3v) is 13.6. The zero-order valence-corrected chi connectivity index (χ0v) is 38.7. The number of nitrogens with zero attached hydrogens (tertiary/aromatic N) is 6. The molecule has 0 atom stereocenters. The highest BCUT2D eigenvalue weighted by molar-refractivity contribution is 6.24. The highest BCUT2D eigenvalue weighted by atomic mass is 16.5. The minimum Gasteiger partial charge on any atom is -0.453 e. The molecule has 2 aliphatic heterocycles. The van der Waals surface area contributed by atoms with E-state index < -0.39 is 0 Å². The van der Waals surface area contributed by atoms with Gasteiger partial charge in [-0.2, -0.15) is 0 Å². The Labute approximate surface area is 416 Å². The first-order chi connectivity index (χ1) is 35.7. The van der Waals surface area contributed by atoms with Gasteiger partial charge in [0.05, 0.1) is 33.8 Å². The Kier molecular flexibility index (Phi) is 9.67. The molecule has 0 spiro atoms. The Morgan fingerprint density at radius 1 is 0.278 bits per heavy atom. The van der Waals surface area contributed by atoms with E-state index in [0.717, 1.165) is 124 Å². The summed E-state index contributed by atoms with van der Waals surface area (Å²) >= 11 is 0. The molecular formula is C64H42N6O2. The number of para-hydroxylation sites is 8. The molecule has 0 N–H and O–H groups in total. The monoisotopic (exact) mass is 926 g/mol. The summed E-state index contributed by atoms with van der Waals surface area (Å²) < 4.78 is 13.5. The Morgan fingerprint density at radius 2 is 0.625 bits per heavy atom. The average Bonchev–Trinajstić information content (AvgIpc) is 3.45. The Bertz CT molecular complexity index is 3660. The molecule has 0 bridgehead atoms. The Balaban J connectivity index is 0.888. The molecule has 0 saturated carbocycles. The van der Waals surface area contributed by atoms with Crippen LogP contribution in [0.2, 0.25) is 0 Å². The van der Waals surface area contributed by atoms with Crippen LogP contribution in [0.4, 0.5) is 68.2 Å². The van der Waals surface area contributed by atoms with E-state index in [9.17, 15) is 0 Å². The summed E-state index contributed by atoms with van der Waals surface area (Å²) in [6, 6.07) is 84.5. The lowest BCUT2D eigenvalue weighted by Crippen LogP contribution is -2.17. The van der Waals surface area contributed by atoms with Crippen LogP contribution in [0.5, 0.6) is 23.0 Å². The first-order valence-corrected chi connectivity index (χ1v) is 24.0. The van der Waals surface area contributed by atoms with Crippen molar-refractivity contribution < 1.29 is 9.47 Å². The second kappa shape index (κ2) is 16.9. The maximum atomic E-state index is 6.76. The summed E-state index contributed by atoms with van der Waals surface area (Å²) in [4.78, 5) is 19.2. The fourth-order valence-electron chi connectivity index (χ4n) is 10.5. The zero-order valence-electron chi connectivity index (χ0n) is 38.7. The van der Waals surface area contributed by atoms with Crippen molar-refractivity contribution in [2.75, 3.05) is 19.6 Å². The molecule has 0 fully saturated rings. The van der Waals surface area contributed by atoms with Gasteiger partial charge in [-0.25, -0.2) is 0 Å². The van der Waals surface area contributed by atoms with E-state index in [1.54, 1.807) is 12.4 Å². The number of hydrogen-bond acceptors (Lipinski definition) is 8. The van der Waals surface area contributed by atoms with Crippen LogP contribution < -0.4 is 29.1 Å². The van der Waals surface area contributed by atoms with Gasteiger partial charge in [0.15, 0.2) is 23.0 Å². The van der Waals surface area contributed by atoms with E-state index in [0.29, 0.717) is 0 Å². The molecule has 12 aromatic rings. The molecule has 0 unspecified atom stereocenters. The summed E-state index contributed by atoms with van der Waals surface area (Å²) in [7, 11) is 0. The van der Waals surface area contributed by atoms with Crippen LogP contribution in [0, 0.1) is 0 Å². The number of hydrogen-bond donors (Lipinski definition) is 0. The highest BCUT2D eigenvalue weighted by Gasteiger charge is 2.30. The first kappa shape index (κ1) is 41.1. The molecule has 14 rings (SSSR count). The predicted molar refractivity (Wildman–Crippen MR) is 293 cm³/mol. The molecule has 8 nitrogen and oxygen atoms in total. The zero-order chi connectivity index (χ0) is 47.5. The Morgan fingerprint density at radius 3 is 1.01 bits per heavy atom. The Hall–Kier alpha value is -9.92. The van der Waals surface area contributed by atoms with Gasteiger partial charge in [-0.3, -0.25) is 9.97 Å². The van der Waals surface area contributed by atoms with E-state index in [2.05, 4.69) is 214 Å². The van der Waals surface area contributed by atoms with Gasteiger partial charge in [-0.1, -0.05) is 109 Å². The van der Waals surface area contributed by atoms with Crippen molar-refractivity contribution in [1.82, 2.24) is 9.97 Å². The molecule has 8 heteroatoms. The van der Waals surface area contributed by atoms with E-state index in [-0.39, 0.29) is 0 Å². The number of rotatable bonds is 8. The van der Waals surface area contributed by atoms with Gasteiger partial charge in [0.1, 0.15) is 0 Å². The maximum absolute atomic E-state index is 6.76. The van der Waals surface area contributed by atoms with Gasteiger partial charge in [-0.05, 0) is 132 Å². The standard InChI is InChI=1S/C64H42N6O2/c1-5-17-43(18-6-1)67(44-19-7-2-8-20-44)49-31-35-57-61(41-49)71-59-27-15-13-25-55(59)69(57)47-29-33-51-52-34-30-48(40-54(52)64-63(53(51)39-47)65-37-38-66-64)70-56-26-14-16-28-60(56)72-62-42-50(32-36-58(62)70)68(45-21-9-3-10-22-45)46-23-11-4-12-24-46/h1-42H. The lowest BCUT2D eigenvalue weighted by Gasteiger charge is -2.34. The fourth-order valence-corrected chi connectivity index (χ4v) is 10.5. The van der Waals surface area contributed by atoms with Crippen molar-refractivity contribution in [3.05, 3.63) is 255 Å². The van der Waals surface area contributed by atoms with Crippen molar-refractivity contribution >= 4 is 101 Å². The van der Waals surface area contributed by atoms with Crippen molar-refractivity contribution in [2.24, 2.45) is 0 Å². The first-order valence-electron chi connectivity index (χ1n) is 24.0. The summed E-state index contributed by atoms with van der Waals surface area (Å²) in [5.74, 6) is 3.06. The molecule has 0 aliphatic carbocycles. The van der Waals surface area contributed by atoms with Gasteiger partial charge in [0.2, 0.25) is 0 Å². The number of anilines is 12.